The molecule has 0 fully saturated rings. The van der Waals surface area contributed by atoms with E-state index in [1.165, 1.54) is 66.7 Å². The number of hydrogen-bond acceptors (Lipinski definition) is 6. The molecular formula is C21H20FN5O3S2. The molecule has 0 unspecified atom stereocenters. The Balaban J connectivity index is 1.67. The topological polar surface area (TPSA) is 88.4 Å². The maximum Gasteiger partial charge on any atom is 0.260 e. The van der Waals surface area contributed by atoms with Gasteiger partial charge in [0.05, 0.1) is 21.7 Å². The minimum atomic E-state index is -3.60. The molecule has 11 heteroatoms. The Morgan fingerprint density at radius 2 is 1.91 bits per heavy atom. The third-order valence-electron chi connectivity index (χ3n) is 4.81. The molecule has 0 atom stereocenters. The van der Waals surface area contributed by atoms with Gasteiger partial charge in [0.2, 0.25) is 10.0 Å². The van der Waals surface area contributed by atoms with Crippen molar-refractivity contribution in [3.05, 3.63) is 72.3 Å². The first-order valence-corrected chi connectivity index (χ1v) is 11.9. The largest absolute Gasteiger partial charge is 0.282 e. The van der Waals surface area contributed by atoms with Crippen molar-refractivity contribution < 1.29 is 17.6 Å². The predicted molar refractivity (Wildman–Crippen MR) is 121 cm³/mol. The fraction of sp³-hybridized carbons (Fsp3) is 0.190. The smallest absolute Gasteiger partial charge is 0.260 e. The van der Waals surface area contributed by atoms with Gasteiger partial charge in [0.1, 0.15) is 5.82 Å². The van der Waals surface area contributed by atoms with Crippen LogP contribution in [-0.4, -0.2) is 54.0 Å². The van der Waals surface area contributed by atoms with Crippen LogP contribution in [0.5, 0.6) is 0 Å². The Bertz CT molecular complexity index is 1350. The molecule has 2 aromatic carbocycles. The Labute approximate surface area is 188 Å². The molecule has 1 amide bonds. The maximum atomic E-state index is 13.6. The molecule has 0 spiro atoms. The third kappa shape index (κ3) is 4.40. The zero-order valence-electron chi connectivity index (χ0n) is 17.3. The molecule has 4 rings (SSSR count). The summed E-state index contributed by atoms with van der Waals surface area (Å²) in [6.07, 6.45) is 3.44. The summed E-state index contributed by atoms with van der Waals surface area (Å²) in [6, 6.07) is 11.8. The molecule has 2 heterocycles. The highest BCUT2D eigenvalue weighted by Gasteiger charge is 2.23. The highest BCUT2D eigenvalue weighted by Crippen LogP contribution is 2.30. The van der Waals surface area contributed by atoms with Crippen LogP contribution in [0.2, 0.25) is 0 Å². The molecule has 166 valence electrons. The fourth-order valence-electron chi connectivity index (χ4n) is 3.06. The third-order valence-corrected chi connectivity index (χ3v) is 7.68. The van der Waals surface area contributed by atoms with Gasteiger partial charge in [-0.15, -0.1) is 0 Å². The molecular weight excluding hydrogens is 453 g/mol. The summed E-state index contributed by atoms with van der Waals surface area (Å²) in [5.41, 5.74) is 0.907. The lowest BCUT2D eigenvalue weighted by Gasteiger charge is -2.20. The summed E-state index contributed by atoms with van der Waals surface area (Å²) >= 11 is 1.21. The van der Waals surface area contributed by atoms with Gasteiger partial charge < -0.3 is 0 Å². The molecule has 0 aliphatic heterocycles. The van der Waals surface area contributed by atoms with Crippen molar-refractivity contribution in [2.24, 2.45) is 0 Å². The van der Waals surface area contributed by atoms with E-state index < -0.39 is 10.0 Å². The van der Waals surface area contributed by atoms with Crippen LogP contribution in [0.4, 0.5) is 9.52 Å². The zero-order chi connectivity index (χ0) is 22.9. The van der Waals surface area contributed by atoms with E-state index in [2.05, 4.69) is 10.1 Å². The molecule has 4 aromatic rings. The first-order chi connectivity index (χ1) is 15.3. The van der Waals surface area contributed by atoms with E-state index in [9.17, 15) is 17.6 Å². The number of fused-ring (bicyclic) bond motifs is 1. The molecule has 0 radical (unpaired) electrons. The van der Waals surface area contributed by atoms with E-state index in [-0.39, 0.29) is 23.2 Å². The molecule has 0 saturated carbocycles. The molecule has 2 aromatic heterocycles. The average molecular weight is 474 g/mol. The summed E-state index contributed by atoms with van der Waals surface area (Å²) in [7, 11) is -0.710. The summed E-state index contributed by atoms with van der Waals surface area (Å²) in [5, 5.41) is 4.59. The molecule has 8 nitrogen and oxygen atoms in total. The number of aromatic nitrogens is 3. The van der Waals surface area contributed by atoms with Crippen LogP contribution >= 0.6 is 11.3 Å². The lowest BCUT2D eigenvalue weighted by Crippen LogP contribution is -2.34. The summed E-state index contributed by atoms with van der Waals surface area (Å²) in [5.74, 6) is -0.717. The monoisotopic (exact) mass is 473 g/mol. The van der Waals surface area contributed by atoms with Gasteiger partial charge in [0.25, 0.3) is 5.91 Å². The van der Waals surface area contributed by atoms with Crippen molar-refractivity contribution in [3.8, 4) is 0 Å². The summed E-state index contributed by atoms with van der Waals surface area (Å²) < 4.78 is 41.7. The number of carbonyl (C=O) groups excluding carboxylic acids is 1. The molecule has 0 aliphatic rings. The number of amides is 1. The molecule has 0 bridgehead atoms. The quantitative estimate of drug-likeness (QED) is 0.411. The minimum absolute atomic E-state index is 0.0950. The van der Waals surface area contributed by atoms with Crippen molar-refractivity contribution in [2.75, 3.05) is 25.5 Å². The number of hydrogen-bond donors (Lipinski definition) is 0. The lowest BCUT2D eigenvalue weighted by molar-refractivity contribution is 0.0985. The van der Waals surface area contributed by atoms with Gasteiger partial charge in [-0.2, -0.15) is 5.10 Å². The Morgan fingerprint density at radius 1 is 1.16 bits per heavy atom. The minimum Gasteiger partial charge on any atom is -0.282 e. The van der Waals surface area contributed by atoms with E-state index in [0.717, 1.165) is 4.31 Å². The Morgan fingerprint density at radius 3 is 2.56 bits per heavy atom. The van der Waals surface area contributed by atoms with Gasteiger partial charge in [0.15, 0.2) is 5.13 Å². The number of halogens is 1. The van der Waals surface area contributed by atoms with Gasteiger partial charge in [-0.1, -0.05) is 11.3 Å². The van der Waals surface area contributed by atoms with Crippen LogP contribution < -0.4 is 4.90 Å². The standard InChI is InChI=1S/C21H20FN5O3S2/c1-25(2)32(29,30)17-7-4-15(5-8-17)20(28)27(13-12-26-11-3-10-23-26)21-24-18-9-6-16(22)14-19(18)31-21/h3-11,14H,12-13H2,1-2H3. The Hall–Kier alpha value is -3.15. The average Bonchev–Trinajstić information content (AvgIpc) is 3.43. The van der Waals surface area contributed by atoms with Gasteiger partial charge in [-0.25, -0.2) is 22.1 Å². The maximum absolute atomic E-state index is 13.6. The van der Waals surface area contributed by atoms with Crippen molar-refractivity contribution in [2.45, 2.75) is 11.4 Å². The number of benzene rings is 2. The molecule has 32 heavy (non-hydrogen) atoms. The van der Waals surface area contributed by atoms with Crippen LogP contribution in [0.1, 0.15) is 10.4 Å². The number of thiazole rings is 1. The van der Waals surface area contributed by atoms with Crippen molar-refractivity contribution in [1.29, 1.82) is 0 Å². The zero-order valence-corrected chi connectivity index (χ0v) is 19.0. The van der Waals surface area contributed by atoms with E-state index in [1.54, 1.807) is 29.2 Å². The van der Waals surface area contributed by atoms with Crippen molar-refractivity contribution in [3.63, 3.8) is 0 Å². The lowest BCUT2D eigenvalue weighted by atomic mass is 10.2. The second kappa shape index (κ2) is 8.77. The molecule has 0 aliphatic carbocycles. The van der Waals surface area contributed by atoms with Crippen LogP contribution in [0, 0.1) is 5.82 Å². The molecule has 0 saturated heterocycles. The predicted octanol–water partition coefficient (Wildman–Crippen LogP) is 3.23. The van der Waals surface area contributed by atoms with Crippen molar-refractivity contribution >= 4 is 42.6 Å². The number of carbonyl (C=O) groups is 1. The van der Waals surface area contributed by atoms with E-state index in [0.29, 0.717) is 27.5 Å². The van der Waals surface area contributed by atoms with Crippen LogP contribution in [0.25, 0.3) is 10.2 Å². The fourth-order valence-corrected chi connectivity index (χ4v) is 4.97. The van der Waals surface area contributed by atoms with Gasteiger partial charge in [-0.05, 0) is 48.5 Å². The number of rotatable bonds is 7. The SMILES string of the molecule is CN(C)S(=O)(=O)c1ccc(C(=O)N(CCn2cccn2)c2nc3ccc(F)cc3s2)cc1. The number of anilines is 1. The van der Waals surface area contributed by atoms with Crippen LogP contribution in [0.15, 0.2) is 65.8 Å². The van der Waals surface area contributed by atoms with Gasteiger partial charge in [-0.3, -0.25) is 14.4 Å². The second-order valence-electron chi connectivity index (χ2n) is 7.15. The van der Waals surface area contributed by atoms with Crippen molar-refractivity contribution in [1.82, 2.24) is 19.1 Å². The number of nitrogens with zero attached hydrogens (tertiary/aromatic N) is 5. The second-order valence-corrected chi connectivity index (χ2v) is 10.3. The van der Waals surface area contributed by atoms with E-state index in [1.807, 2.05) is 0 Å². The van der Waals surface area contributed by atoms with E-state index >= 15 is 0 Å². The summed E-state index contributed by atoms with van der Waals surface area (Å²) in [4.78, 5) is 19.5. The van der Waals surface area contributed by atoms with Gasteiger partial charge >= 0.3 is 0 Å². The highest BCUT2D eigenvalue weighted by atomic mass is 32.2. The van der Waals surface area contributed by atoms with Crippen LogP contribution in [-0.2, 0) is 16.6 Å². The summed E-state index contributed by atoms with van der Waals surface area (Å²) in [6.45, 7) is 0.705. The first kappa shape index (κ1) is 22.1. The number of sulfonamides is 1. The molecule has 0 N–H and O–H groups in total. The normalized spacial score (nSPS) is 11.9. The van der Waals surface area contributed by atoms with E-state index in [4.69, 9.17) is 0 Å². The Kier molecular flexibility index (Phi) is 6.04. The van der Waals surface area contributed by atoms with Gasteiger partial charge in [0, 0.05) is 38.6 Å². The van der Waals surface area contributed by atoms with Crippen LogP contribution in [0.3, 0.4) is 0 Å². The first-order valence-electron chi connectivity index (χ1n) is 9.64. The highest BCUT2D eigenvalue weighted by molar-refractivity contribution is 7.89.